The number of nitrogens with one attached hydrogen (secondary N) is 1. The minimum absolute atomic E-state index is 0.0900. The highest BCUT2D eigenvalue weighted by atomic mass is 32.2. The van der Waals surface area contributed by atoms with E-state index in [1.54, 1.807) is 72.4 Å². The highest BCUT2D eigenvalue weighted by molar-refractivity contribution is 7.99. The number of carbonyl (C=O) groups excluding carboxylic acids is 1. The second-order valence-electron chi connectivity index (χ2n) is 6.44. The third kappa shape index (κ3) is 5.96. The van der Waals surface area contributed by atoms with Crippen LogP contribution in [0.3, 0.4) is 0 Å². The van der Waals surface area contributed by atoms with Gasteiger partial charge in [-0.25, -0.2) is 8.42 Å². The zero-order chi connectivity index (χ0) is 22.3. The van der Waals surface area contributed by atoms with E-state index >= 15 is 0 Å². The summed E-state index contributed by atoms with van der Waals surface area (Å²) >= 11 is 1.17. The molecule has 0 radical (unpaired) electrons. The van der Waals surface area contributed by atoms with Crippen LogP contribution in [0.1, 0.15) is 5.82 Å². The predicted molar refractivity (Wildman–Crippen MR) is 120 cm³/mol. The number of hydrogen-bond donors (Lipinski definition) is 1. The fraction of sp³-hybridized carbons (Fsp3) is 0.190. The maximum Gasteiger partial charge on any atom is 0.234 e. The molecular weight excluding hydrogens is 436 g/mol. The van der Waals surface area contributed by atoms with Crippen LogP contribution in [0.25, 0.3) is 0 Å². The fourth-order valence-corrected chi connectivity index (χ4v) is 4.79. The van der Waals surface area contributed by atoms with Gasteiger partial charge in [-0.3, -0.25) is 4.79 Å². The number of aromatic nitrogens is 3. The SMILES string of the molecule is C=CCn1c(CS(=O)(=O)c2ccccc2)nnc1SCC(=O)Nc1ccc(OC)cc1. The van der Waals surface area contributed by atoms with Crippen LogP contribution in [-0.2, 0) is 26.9 Å². The standard InChI is InChI=1S/C21H22N4O4S2/c1-3-13-25-19(15-31(27,28)18-7-5-4-6-8-18)23-24-21(25)30-14-20(26)22-16-9-11-17(29-2)12-10-16/h3-12H,1,13-15H2,2H3,(H,22,26). The Balaban J connectivity index is 1.68. The second kappa shape index (κ2) is 10.3. The summed E-state index contributed by atoms with van der Waals surface area (Å²) in [6.07, 6.45) is 1.63. The van der Waals surface area contributed by atoms with Crippen molar-refractivity contribution in [3.63, 3.8) is 0 Å². The number of anilines is 1. The first-order chi connectivity index (χ1) is 14.9. The molecular formula is C21H22N4O4S2. The number of sulfone groups is 1. The van der Waals surface area contributed by atoms with Crippen molar-refractivity contribution in [1.29, 1.82) is 0 Å². The van der Waals surface area contributed by atoms with E-state index in [1.165, 1.54) is 11.8 Å². The van der Waals surface area contributed by atoms with Crippen molar-refractivity contribution < 1.29 is 17.9 Å². The van der Waals surface area contributed by atoms with Gasteiger partial charge in [0.25, 0.3) is 0 Å². The molecule has 0 aliphatic heterocycles. The summed E-state index contributed by atoms with van der Waals surface area (Å²) < 4.78 is 32.1. The van der Waals surface area contributed by atoms with E-state index in [4.69, 9.17) is 4.74 Å². The van der Waals surface area contributed by atoms with Gasteiger partial charge in [-0.05, 0) is 36.4 Å². The summed E-state index contributed by atoms with van der Waals surface area (Å²) in [5.74, 6) is 0.565. The lowest BCUT2D eigenvalue weighted by molar-refractivity contribution is -0.113. The van der Waals surface area contributed by atoms with Crippen LogP contribution in [0.2, 0.25) is 0 Å². The Kier molecular flexibility index (Phi) is 7.48. The van der Waals surface area contributed by atoms with Gasteiger partial charge in [-0.15, -0.1) is 16.8 Å². The molecule has 1 N–H and O–H groups in total. The Bertz CT molecular complexity index is 1140. The molecule has 0 bridgehead atoms. The van der Waals surface area contributed by atoms with E-state index < -0.39 is 9.84 Å². The molecule has 3 aromatic rings. The van der Waals surface area contributed by atoms with E-state index in [2.05, 4.69) is 22.1 Å². The molecule has 0 fully saturated rings. The molecule has 0 aliphatic rings. The van der Waals surface area contributed by atoms with Crippen LogP contribution in [0.4, 0.5) is 5.69 Å². The highest BCUT2D eigenvalue weighted by Crippen LogP contribution is 2.22. The number of methoxy groups -OCH3 is 1. The molecule has 0 saturated carbocycles. The Morgan fingerprint density at radius 3 is 2.52 bits per heavy atom. The Morgan fingerprint density at radius 1 is 1.16 bits per heavy atom. The maximum atomic E-state index is 12.7. The van der Waals surface area contributed by atoms with Gasteiger partial charge in [0.1, 0.15) is 17.3 Å². The smallest absolute Gasteiger partial charge is 0.234 e. The molecule has 1 amide bonds. The van der Waals surface area contributed by atoms with Crippen LogP contribution < -0.4 is 10.1 Å². The van der Waals surface area contributed by atoms with Gasteiger partial charge in [0, 0.05) is 12.2 Å². The highest BCUT2D eigenvalue weighted by Gasteiger charge is 2.21. The van der Waals surface area contributed by atoms with Gasteiger partial charge >= 0.3 is 0 Å². The second-order valence-corrected chi connectivity index (χ2v) is 9.37. The van der Waals surface area contributed by atoms with Crippen LogP contribution in [0.5, 0.6) is 5.75 Å². The summed E-state index contributed by atoms with van der Waals surface area (Å²) in [4.78, 5) is 12.5. The molecule has 162 valence electrons. The topological polar surface area (TPSA) is 103 Å². The fourth-order valence-electron chi connectivity index (χ4n) is 2.73. The molecule has 10 heteroatoms. The van der Waals surface area contributed by atoms with Gasteiger partial charge in [0.15, 0.2) is 15.0 Å². The number of ether oxygens (including phenoxy) is 1. The summed E-state index contributed by atoms with van der Waals surface area (Å²) in [5.41, 5.74) is 0.647. The van der Waals surface area contributed by atoms with Crippen molar-refractivity contribution in [1.82, 2.24) is 14.8 Å². The molecule has 0 atom stereocenters. The Labute approximate surface area is 185 Å². The molecule has 1 heterocycles. The number of rotatable bonds is 10. The van der Waals surface area contributed by atoms with E-state index in [0.29, 0.717) is 29.0 Å². The molecule has 2 aromatic carbocycles. The molecule has 1 aromatic heterocycles. The summed E-state index contributed by atoms with van der Waals surface area (Å²) in [6.45, 7) is 4.04. The lowest BCUT2D eigenvalue weighted by Gasteiger charge is -2.09. The number of nitrogens with zero attached hydrogens (tertiary/aromatic N) is 3. The summed E-state index contributed by atoms with van der Waals surface area (Å²) in [7, 11) is -2.00. The molecule has 0 spiro atoms. The predicted octanol–water partition coefficient (Wildman–Crippen LogP) is 3.18. The first kappa shape index (κ1) is 22.6. The molecule has 8 nitrogen and oxygen atoms in total. The van der Waals surface area contributed by atoms with Crippen LogP contribution in [0, 0.1) is 0 Å². The third-order valence-corrected chi connectivity index (χ3v) is 6.83. The quantitative estimate of drug-likeness (QED) is 0.368. The van der Waals surface area contributed by atoms with Gasteiger partial charge in [-0.1, -0.05) is 36.0 Å². The van der Waals surface area contributed by atoms with Crippen LogP contribution >= 0.6 is 11.8 Å². The Hall–Kier alpha value is -3.11. The lowest BCUT2D eigenvalue weighted by atomic mass is 10.3. The number of amides is 1. The van der Waals surface area contributed by atoms with E-state index in [1.807, 2.05) is 0 Å². The molecule has 0 aliphatic carbocycles. The normalized spacial score (nSPS) is 11.1. The zero-order valence-corrected chi connectivity index (χ0v) is 18.5. The van der Waals surface area contributed by atoms with Gasteiger partial charge < -0.3 is 14.6 Å². The van der Waals surface area contributed by atoms with Crippen molar-refractivity contribution in [2.45, 2.75) is 22.3 Å². The van der Waals surface area contributed by atoms with Crippen molar-refractivity contribution >= 4 is 33.2 Å². The van der Waals surface area contributed by atoms with Crippen molar-refractivity contribution in [3.8, 4) is 5.75 Å². The number of allylic oxidation sites excluding steroid dienone is 1. The van der Waals surface area contributed by atoms with E-state index in [0.717, 1.165) is 0 Å². The third-order valence-electron chi connectivity index (χ3n) is 4.23. The number of carbonyl (C=O) groups is 1. The van der Waals surface area contributed by atoms with E-state index in [9.17, 15) is 13.2 Å². The van der Waals surface area contributed by atoms with Gasteiger partial charge in [-0.2, -0.15) is 0 Å². The lowest BCUT2D eigenvalue weighted by Crippen LogP contribution is -2.15. The van der Waals surface area contributed by atoms with Gasteiger partial charge in [0.05, 0.1) is 17.8 Å². The molecule has 31 heavy (non-hydrogen) atoms. The first-order valence-corrected chi connectivity index (χ1v) is 11.9. The number of hydrogen-bond acceptors (Lipinski definition) is 7. The van der Waals surface area contributed by atoms with Gasteiger partial charge in [0.2, 0.25) is 5.91 Å². The monoisotopic (exact) mass is 458 g/mol. The average Bonchev–Trinajstić information content (AvgIpc) is 3.14. The number of benzene rings is 2. The molecule has 0 saturated heterocycles. The van der Waals surface area contributed by atoms with Crippen LogP contribution in [-0.4, -0.2) is 42.0 Å². The summed E-state index contributed by atoms with van der Waals surface area (Å²) in [5, 5.41) is 11.4. The minimum atomic E-state index is -3.57. The van der Waals surface area contributed by atoms with Crippen LogP contribution in [0.15, 0.2) is 77.3 Å². The largest absolute Gasteiger partial charge is 0.497 e. The minimum Gasteiger partial charge on any atom is -0.497 e. The molecule has 3 rings (SSSR count). The van der Waals surface area contributed by atoms with Crippen molar-refractivity contribution in [2.24, 2.45) is 0 Å². The van der Waals surface area contributed by atoms with E-state index in [-0.39, 0.29) is 22.3 Å². The van der Waals surface area contributed by atoms with Crippen molar-refractivity contribution in [2.75, 3.05) is 18.2 Å². The number of thioether (sulfide) groups is 1. The molecule has 0 unspecified atom stereocenters. The maximum absolute atomic E-state index is 12.7. The van der Waals surface area contributed by atoms with Crippen molar-refractivity contribution in [3.05, 3.63) is 73.1 Å². The Morgan fingerprint density at radius 2 is 1.87 bits per heavy atom. The zero-order valence-electron chi connectivity index (χ0n) is 16.9. The summed E-state index contributed by atoms with van der Waals surface area (Å²) in [6, 6.07) is 15.2. The first-order valence-electron chi connectivity index (χ1n) is 9.30. The average molecular weight is 459 g/mol.